The molecule has 3 aromatic heterocycles. The molecule has 1 unspecified atom stereocenters. The van der Waals surface area contributed by atoms with Crippen molar-refractivity contribution >= 4 is 27.7 Å². The molecule has 3 heterocycles. The lowest BCUT2D eigenvalue weighted by Gasteiger charge is -2.16. The van der Waals surface area contributed by atoms with Crippen molar-refractivity contribution in [2.45, 2.75) is 6.04 Å². The number of hydrogen-bond acceptors (Lipinski definition) is 3. The first-order valence-corrected chi connectivity index (χ1v) is 11.5. The predicted octanol–water partition coefficient (Wildman–Crippen LogP) is 5.09. The molecule has 0 radical (unpaired) electrons. The van der Waals surface area contributed by atoms with Gasteiger partial charge in [-0.1, -0.05) is 66.7 Å². The Balaban J connectivity index is 1.36. The lowest BCUT2D eigenvalue weighted by Crippen LogP contribution is -2.29. The van der Waals surface area contributed by atoms with Crippen molar-refractivity contribution in [2.75, 3.05) is 0 Å². The van der Waals surface area contributed by atoms with E-state index >= 15 is 0 Å². The number of aromatic amines is 2. The number of benzene rings is 3. The van der Waals surface area contributed by atoms with Crippen LogP contribution in [0.15, 0.2) is 97.5 Å². The molecule has 6 nitrogen and oxygen atoms in total. The third kappa shape index (κ3) is 3.04. The number of amides is 1. The first-order chi connectivity index (χ1) is 17.3. The van der Waals surface area contributed by atoms with E-state index in [9.17, 15) is 4.79 Å². The molecule has 0 saturated carbocycles. The molecule has 7 rings (SSSR count). The number of aromatic nitrogens is 4. The highest BCUT2D eigenvalue weighted by atomic mass is 16.1. The van der Waals surface area contributed by atoms with Gasteiger partial charge in [-0.2, -0.15) is 0 Å². The Morgan fingerprint density at radius 1 is 0.886 bits per heavy atom. The number of nitrogens with one attached hydrogen (secondary N) is 3. The third-order valence-electron chi connectivity index (χ3n) is 6.69. The molecule has 166 valence electrons. The summed E-state index contributed by atoms with van der Waals surface area (Å²) in [6, 6.07) is 25.8. The molecule has 35 heavy (non-hydrogen) atoms. The van der Waals surface area contributed by atoms with Gasteiger partial charge in [0.1, 0.15) is 22.6 Å². The van der Waals surface area contributed by atoms with Crippen LogP contribution in [-0.2, 0) is 0 Å². The van der Waals surface area contributed by atoms with E-state index in [0.29, 0.717) is 5.69 Å². The largest absolute Gasteiger partial charge is 0.340 e. The molecule has 0 bridgehead atoms. The van der Waals surface area contributed by atoms with Crippen molar-refractivity contribution in [1.29, 1.82) is 0 Å². The van der Waals surface area contributed by atoms with Crippen LogP contribution in [0, 0.1) is 0 Å². The quantitative estimate of drug-likeness (QED) is 0.391. The van der Waals surface area contributed by atoms with Crippen LogP contribution < -0.4 is 10.3 Å². The summed E-state index contributed by atoms with van der Waals surface area (Å²) in [7, 11) is 0. The summed E-state index contributed by atoms with van der Waals surface area (Å²) in [4.78, 5) is 29.3. The zero-order chi connectivity index (χ0) is 23.4. The van der Waals surface area contributed by atoms with Crippen molar-refractivity contribution in [3.8, 4) is 22.5 Å². The monoisotopic (exact) mass is 454 g/mol. The fourth-order valence-corrected chi connectivity index (χ4v) is 5.13. The summed E-state index contributed by atoms with van der Waals surface area (Å²) >= 11 is 0. The van der Waals surface area contributed by atoms with E-state index in [0.717, 1.165) is 55.4 Å². The lowest BCUT2D eigenvalue weighted by molar-refractivity contribution is -0.376. The van der Waals surface area contributed by atoms with E-state index in [1.165, 1.54) is 0 Å². The summed E-state index contributed by atoms with van der Waals surface area (Å²) in [5.74, 6) is 0.605. The summed E-state index contributed by atoms with van der Waals surface area (Å²) in [5.41, 5.74) is 7.57. The second-order valence-electron chi connectivity index (χ2n) is 8.67. The van der Waals surface area contributed by atoms with Crippen LogP contribution in [0.25, 0.3) is 44.3 Å². The number of fused-ring (bicyclic) bond motifs is 5. The molecule has 0 spiro atoms. The van der Waals surface area contributed by atoms with Crippen molar-refractivity contribution < 1.29 is 9.78 Å². The maximum Gasteiger partial charge on any atom is 0.271 e. The molecule has 1 amide bonds. The molecule has 0 saturated heterocycles. The molecule has 6 heteroatoms. The van der Waals surface area contributed by atoms with Crippen molar-refractivity contribution in [2.24, 2.45) is 0 Å². The van der Waals surface area contributed by atoms with Gasteiger partial charge >= 0.3 is 0 Å². The van der Waals surface area contributed by atoms with Crippen molar-refractivity contribution in [3.05, 3.63) is 114 Å². The van der Waals surface area contributed by atoms with Crippen LogP contribution in [0.3, 0.4) is 0 Å². The minimum atomic E-state index is -0.285. The van der Waals surface area contributed by atoms with Gasteiger partial charge in [-0.25, -0.2) is 9.97 Å². The smallest absolute Gasteiger partial charge is 0.271 e. The summed E-state index contributed by atoms with van der Waals surface area (Å²) < 4.78 is 0. The Morgan fingerprint density at radius 3 is 2.66 bits per heavy atom. The van der Waals surface area contributed by atoms with E-state index in [2.05, 4.69) is 44.5 Å². The Bertz CT molecular complexity index is 1730. The summed E-state index contributed by atoms with van der Waals surface area (Å²) in [6.45, 7) is 0. The highest BCUT2D eigenvalue weighted by molar-refractivity contribution is 6.06. The van der Waals surface area contributed by atoms with Gasteiger partial charge < -0.3 is 10.3 Å². The number of imidazole rings is 1. The average Bonchev–Trinajstić information content (AvgIpc) is 3.48. The Morgan fingerprint density at radius 2 is 1.71 bits per heavy atom. The van der Waals surface area contributed by atoms with Gasteiger partial charge in [0.2, 0.25) is 0 Å². The highest BCUT2D eigenvalue weighted by Gasteiger charge is 2.33. The zero-order valence-corrected chi connectivity index (χ0v) is 18.6. The first kappa shape index (κ1) is 19.6. The molecule has 3 aromatic carbocycles. The maximum absolute atomic E-state index is 13.5. The highest BCUT2D eigenvalue weighted by Crippen LogP contribution is 2.47. The zero-order valence-electron chi connectivity index (χ0n) is 18.6. The van der Waals surface area contributed by atoms with Gasteiger partial charge in [0.25, 0.3) is 5.91 Å². The lowest BCUT2D eigenvalue weighted by atomic mass is 9.98. The number of nitrogens with zero attached hydrogens (tertiary/aromatic N) is 2. The normalized spacial score (nSPS) is 14.1. The van der Waals surface area contributed by atoms with Crippen LogP contribution in [0.4, 0.5) is 0 Å². The van der Waals surface area contributed by atoms with E-state index in [4.69, 9.17) is 4.98 Å². The minimum Gasteiger partial charge on any atom is -0.340 e. The van der Waals surface area contributed by atoms with Crippen LogP contribution in [-0.4, -0.2) is 20.9 Å². The average molecular weight is 455 g/mol. The van der Waals surface area contributed by atoms with E-state index in [-0.39, 0.29) is 11.9 Å². The molecule has 3 N–H and O–H groups in total. The van der Waals surface area contributed by atoms with Gasteiger partial charge in [-0.05, 0) is 33.7 Å². The minimum absolute atomic E-state index is 0.195. The van der Waals surface area contributed by atoms with Gasteiger partial charge in [0.05, 0.1) is 6.04 Å². The molecule has 1 aliphatic rings. The fraction of sp³-hybridized carbons (Fsp3) is 0.0345. The third-order valence-corrected chi connectivity index (χ3v) is 6.69. The molecule has 1 atom stereocenters. The second kappa shape index (κ2) is 7.60. The van der Waals surface area contributed by atoms with E-state index in [1.807, 2.05) is 67.0 Å². The molecule has 0 aliphatic heterocycles. The van der Waals surface area contributed by atoms with Gasteiger partial charge in [0.15, 0.2) is 12.4 Å². The Hall–Kier alpha value is -4.84. The fourth-order valence-electron chi connectivity index (χ4n) is 5.13. The summed E-state index contributed by atoms with van der Waals surface area (Å²) in [6.07, 6.45) is 5.46. The van der Waals surface area contributed by atoms with Crippen LogP contribution in [0.5, 0.6) is 0 Å². The van der Waals surface area contributed by atoms with Gasteiger partial charge in [-0.3, -0.25) is 9.78 Å². The van der Waals surface area contributed by atoms with E-state index in [1.54, 1.807) is 6.20 Å². The van der Waals surface area contributed by atoms with E-state index < -0.39 is 0 Å². The standard InChI is InChI=1S/C29H19N5O/c35-29(27-18-7-2-1-6-17(18)12-15-31-27)34-26-20-9-4-3-8-19(20)25-21(26)10-5-11-22(25)28-32-23-13-14-30-16-24(23)33-28/h1-16,26H,(H,32,33)(H,34,35)/p+1. The Labute approximate surface area is 200 Å². The number of H-pyrrole nitrogens is 2. The predicted molar refractivity (Wildman–Crippen MR) is 135 cm³/mol. The SMILES string of the molecule is O=C(NC1c2ccccc2-c2c(-c3nc4cc[nH+]cc4[nH]3)cccc21)c1nccc2ccccc12. The first-order valence-electron chi connectivity index (χ1n) is 11.5. The maximum atomic E-state index is 13.5. The number of carbonyl (C=O) groups is 1. The summed E-state index contributed by atoms with van der Waals surface area (Å²) in [5, 5.41) is 5.10. The van der Waals surface area contributed by atoms with Gasteiger partial charge in [0, 0.05) is 23.2 Å². The number of rotatable bonds is 3. The topological polar surface area (TPSA) is 84.8 Å². The number of hydrogen-bond donors (Lipinski definition) is 2. The molecule has 6 aromatic rings. The second-order valence-corrected chi connectivity index (χ2v) is 8.67. The Kier molecular flexibility index (Phi) is 4.26. The molecular formula is C29H20N5O+. The molecule has 1 aliphatic carbocycles. The number of carbonyl (C=O) groups excluding carboxylic acids is 1. The van der Waals surface area contributed by atoms with Crippen molar-refractivity contribution in [3.63, 3.8) is 0 Å². The number of pyridine rings is 2. The molecular weight excluding hydrogens is 434 g/mol. The molecule has 0 fully saturated rings. The van der Waals surface area contributed by atoms with Crippen LogP contribution in [0.2, 0.25) is 0 Å². The van der Waals surface area contributed by atoms with Gasteiger partial charge in [-0.15, -0.1) is 0 Å². The van der Waals surface area contributed by atoms with Crippen molar-refractivity contribution in [1.82, 2.24) is 20.3 Å². The van der Waals surface area contributed by atoms with Crippen LogP contribution in [0.1, 0.15) is 27.7 Å². The van der Waals surface area contributed by atoms with Crippen LogP contribution >= 0.6 is 0 Å².